The maximum atomic E-state index is 12.9. The Morgan fingerprint density at radius 1 is 0.947 bits per heavy atom. The predicted molar refractivity (Wildman–Crippen MR) is 62.2 cm³/mol. The molecule has 0 bridgehead atoms. The summed E-state index contributed by atoms with van der Waals surface area (Å²) in [6.07, 6.45) is -4.64. The van der Waals surface area contributed by atoms with Crippen molar-refractivity contribution in [3.63, 3.8) is 0 Å². The molecule has 0 N–H and O–H groups in total. The van der Waals surface area contributed by atoms with E-state index in [1.54, 1.807) is 30.3 Å². The van der Waals surface area contributed by atoms with Gasteiger partial charge in [-0.05, 0) is 23.8 Å². The van der Waals surface area contributed by atoms with Gasteiger partial charge in [0.2, 0.25) is 0 Å². The molecular weight excluding hydrogens is 260 g/mol. The minimum atomic E-state index is -4.64. The van der Waals surface area contributed by atoms with Gasteiger partial charge in [0.05, 0.1) is 0 Å². The number of rotatable bonds is 3. The molecule has 0 fully saturated rings. The first-order valence-corrected chi connectivity index (χ1v) is 5.50. The molecule has 0 saturated heterocycles. The van der Waals surface area contributed by atoms with Crippen LogP contribution >= 0.6 is 0 Å². The summed E-state index contributed by atoms with van der Waals surface area (Å²) in [5.74, 6) is -1.32. The molecule has 1 nitrogen and oxygen atoms in total. The van der Waals surface area contributed by atoms with Crippen molar-refractivity contribution in [2.75, 3.05) is 0 Å². The van der Waals surface area contributed by atoms with E-state index in [1.807, 2.05) is 0 Å². The number of hydrogen-bond acceptors (Lipinski definition) is 1. The smallest absolute Gasteiger partial charge is 0.420 e. The second kappa shape index (κ2) is 5.30. The molecule has 0 radical (unpaired) electrons. The molecule has 0 aromatic heterocycles. The van der Waals surface area contributed by atoms with Gasteiger partial charge in [0.1, 0.15) is 23.7 Å². The average molecular weight is 270 g/mol. The van der Waals surface area contributed by atoms with Crippen LogP contribution in [0.3, 0.4) is 0 Å². The van der Waals surface area contributed by atoms with E-state index in [0.717, 1.165) is 17.7 Å². The van der Waals surface area contributed by atoms with Gasteiger partial charge in [-0.3, -0.25) is 0 Å². The molecule has 0 aliphatic carbocycles. The zero-order valence-corrected chi connectivity index (χ0v) is 9.75. The summed E-state index contributed by atoms with van der Waals surface area (Å²) >= 11 is 0. The fraction of sp³-hybridized carbons (Fsp3) is 0.143. The standard InChI is InChI=1S/C14H10F4O/c15-11-6-7-13(12(8-11)14(16,17)18)19-9-10-4-2-1-3-5-10/h1-8H,9H2. The van der Waals surface area contributed by atoms with E-state index in [-0.39, 0.29) is 12.4 Å². The molecule has 0 spiro atoms. The van der Waals surface area contributed by atoms with Crippen LogP contribution < -0.4 is 4.74 Å². The molecule has 19 heavy (non-hydrogen) atoms. The second-order valence-electron chi connectivity index (χ2n) is 3.91. The SMILES string of the molecule is Fc1ccc(OCc2ccccc2)c(C(F)(F)F)c1. The van der Waals surface area contributed by atoms with Gasteiger partial charge in [-0.15, -0.1) is 0 Å². The highest BCUT2D eigenvalue weighted by Gasteiger charge is 2.34. The number of ether oxygens (including phenoxy) is 1. The van der Waals surface area contributed by atoms with Crippen LogP contribution in [0, 0.1) is 5.82 Å². The molecule has 5 heteroatoms. The molecule has 100 valence electrons. The zero-order valence-electron chi connectivity index (χ0n) is 9.75. The fourth-order valence-electron chi connectivity index (χ4n) is 1.58. The van der Waals surface area contributed by atoms with E-state index in [2.05, 4.69) is 0 Å². The molecule has 0 atom stereocenters. The summed E-state index contributed by atoms with van der Waals surface area (Å²) in [5, 5.41) is 0. The molecule has 2 aromatic carbocycles. The third-order valence-electron chi connectivity index (χ3n) is 2.48. The maximum absolute atomic E-state index is 12.9. The van der Waals surface area contributed by atoms with E-state index in [0.29, 0.717) is 6.07 Å². The van der Waals surface area contributed by atoms with Crippen molar-refractivity contribution >= 4 is 0 Å². The van der Waals surface area contributed by atoms with Crippen molar-refractivity contribution in [1.29, 1.82) is 0 Å². The molecule has 0 amide bonds. The summed E-state index contributed by atoms with van der Waals surface area (Å²) in [6.45, 7) is -0.00441. The predicted octanol–water partition coefficient (Wildman–Crippen LogP) is 4.42. The van der Waals surface area contributed by atoms with Crippen molar-refractivity contribution in [1.82, 2.24) is 0 Å². The van der Waals surface area contributed by atoms with Gasteiger partial charge >= 0.3 is 6.18 Å². The molecule has 2 rings (SSSR count). The number of hydrogen-bond donors (Lipinski definition) is 0. The number of benzene rings is 2. The first-order chi connectivity index (χ1) is 8.97. The van der Waals surface area contributed by atoms with Gasteiger partial charge in [-0.25, -0.2) is 4.39 Å². The monoisotopic (exact) mass is 270 g/mol. The van der Waals surface area contributed by atoms with Crippen LogP contribution in [0.5, 0.6) is 5.75 Å². The Bertz CT molecular complexity index is 549. The van der Waals surface area contributed by atoms with Crippen molar-refractivity contribution in [2.24, 2.45) is 0 Å². The minimum absolute atomic E-state index is 0.00441. The van der Waals surface area contributed by atoms with Crippen LogP contribution in [0.2, 0.25) is 0 Å². The van der Waals surface area contributed by atoms with E-state index >= 15 is 0 Å². The summed E-state index contributed by atoms with van der Waals surface area (Å²) in [7, 11) is 0. The Kier molecular flexibility index (Phi) is 3.74. The van der Waals surface area contributed by atoms with E-state index in [4.69, 9.17) is 4.74 Å². The Labute approximate surface area is 107 Å². The summed E-state index contributed by atoms with van der Waals surface area (Å²) in [6, 6.07) is 11.1. The Balaban J connectivity index is 2.21. The largest absolute Gasteiger partial charge is 0.488 e. The fourth-order valence-corrected chi connectivity index (χ4v) is 1.58. The Morgan fingerprint density at radius 2 is 1.63 bits per heavy atom. The second-order valence-corrected chi connectivity index (χ2v) is 3.91. The van der Waals surface area contributed by atoms with Crippen molar-refractivity contribution in [2.45, 2.75) is 12.8 Å². The van der Waals surface area contributed by atoms with Gasteiger partial charge in [0.15, 0.2) is 0 Å². The number of alkyl halides is 3. The lowest BCUT2D eigenvalue weighted by Crippen LogP contribution is -2.09. The Hall–Kier alpha value is -2.04. The van der Waals surface area contributed by atoms with E-state index in [9.17, 15) is 17.6 Å². The van der Waals surface area contributed by atoms with Crippen molar-refractivity contribution in [3.8, 4) is 5.75 Å². The first-order valence-electron chi connectivity index (χ1n) is 5.50. The molecule has 0 aliphatic heterocycles. The van der Waals surface area contributed by atoms with Crippen molar-refractivity contribution in [3.05, 3.63) is 65.5 Å². The van der Waals surface area contributed by atoms with Crippen LogP contribution in [-0.4, -0.2) is 0 Å². The lowest BCUT2D eigenvalue weighted by Gasteiger charge is -2.14. The van der Waals surface area contributed by atoms with Crippen LogP contribution in [-0.2, 0) is 12.8 Å². The number of halogens is 4. The van der Waals surface area contributed by atoms with E-state index in [1.165, 1.54) is 0 Å². The molecule has 0 heterocycles. The van der Waals surface area contributed by atoms with Gasteiger partial charge in [-0.2, -0.15) is 13.2 Å². The summed E-state index contributed by atoms with van der Waals surface area (Å²) < 4.78 is 56.1. The maximum Gasteiger partial charge on any atom is 0.420 e. The Morgan fingerprint density at radius 3 is 2.26 bits per heavy atom. The molecule has 0 unspecified atom stereocenters. The highest BCUT2D eigenvalue weighted by molar-refractivity contribution is 5.36. The third-order valence-corrected chi connectivity index (χ3v) is 2.48. The first kappa shape index (κ1) is 13.4. The summed E-state index contributed by atoms with van der Waals surface area (Å²) in [4.78, 5) is 0. The van der Waals surface area contributed by atoms with Crippen LogP contribution in [0.15, 0.2) is 48.5 Å². The summed E-state index contributed by atoms with van der Waals surface area (Å²) in [5.41, 5.74) is -0.372. The highest BCUT2D eigenvalue weighted by Crippen LogP contribution is 2.36. The lowest BCUT2D eigenvalue weighted by atomic mass is 10.2. The van der Waals surface area contributed by atoms with Crippen LogP contribution in [0.4, 0.5) is 17.6 Å². The third kappa shape index (κ3) is 3.47. The van der Waals surface area contributed by atoms with Gasteiger partial charge in [0, 0.05) is 0 Å². The average Bonchev–Trinajstić information content (AvgIpc) is 2.37. The quantitative estimate of drug-likeness (QED) is 0.750. The molecule has 0 saturated carbocycles. The van der Waals surface area contributed by atoms with Crippen molar-refractivity contribution < 1.29 is 22.3 Å². The van der Waals surface area contributed by atoms with Gasteiger partial charge in [-0.1, -0.05) is 30.3 Å². The minimum Gasteiger partial charge on any atom is -0.488 e. The zero-order chi connectivity index (χ0) is 13.9. The van der Waals surface area contributed by atoms with Crippen LogP contribution in [0.25, 0.3) is 0 Å². The normalized spacial score (nSPS) is 11.4. The molecular formula is C14H10F4O. The van der Waals surface area contributed by atoms with E-state index < -0.39 is 17.6 Å². The molecule has 0 aliphatic rings. The van der Waals surface area contributed by atoms with Gasteiger partial charge in [0.25, 0.3) is 0 Å². The van der Waals surface area contributed by atoms with Crippen LogP contribution in [0.1, 0.15) is 11.1 Å². The topological polar surface area (TPSA) is 9.23 Å². The van der Waals surface area contributed by atoms with Gasteiger partial charge < -0.3 is 4.74 Å². The lowest BCUT2D eigenvalue weighted by molar-refractivity contribution is -0.139. The molecule has 2 aromatic rings. The highest BCUT2D eigenvalue weighted by atomic mass is 19.4.